The standard InChI is InChI=1S/C17H11F3N4O2S/c18-17(19,20)16-9-15(12-3-1-11(10-21)2-4-12)24(23-16)13-5-7-14(8-6-13)27(22,25)26/h1-9H,(H2,22,25,26). The van der Waals surface area contributed by atoms with Crippen LogP contribution in [0.3, 0.4) is 0 Å². The molecule has 1 heterocycles. The van der Waals surface area contributed by atoms with Crippen LogP contribution in [0.15, 0.2) is 59.5 Å². The summed E-state index contributed by atoms with van der Waals surface area (Å²) >= 11 is 0. The van der Waals surface area contributed by atoms with Crippen LogP contribution in [-0.4, -0.2) is 18.2 Å². The zero-order chi connectivity index (χ0) is 19.8. The lowest BCUT2D eigenvalue weighted by Gasteiger charge is -2.08. The molecule has 0 unspecified atom stereocenters. The molecular formula is C17H11F3N4O2S. The molecule has 27 heavy (non-hydrogen) atoms. The molecule has 0 aliphatic carbocycles. The van der Waals surface area contributed by atoms with E-state index in [1.54, 1.807) is 0 Å². The molecule has 6 nitrogen and oxygen atoms in total. The summed E-state index contributed by atoms with van der Waals surface area (Å²) in [4.78, 5) is -0.172. The van der Waals surface area contributed by atoms with Crippen LogP contribution in [0.1, 0.15) is 11.3 Å². The van der Waals surface area contributed by atoms with Gasteiger partial charge in [-0.1, -0.05) is 12.1 Å². The Balaban J connectivity index is 2.16. The monoisotopic (exact) mass is 392 g/mol. The molecule has 0 amide bonds. The zero-order valence-electron chi connectivity index (χ0n) is 13.5. The van der Waals surface area contributed by atoms with Crippen molar-refractivity contribution in [2.24, 2.45) is 5.14 Å². The maximum Gasteiger partial charge on any atom is 0.435 e. The molecule has 1 aromatic heterocycles. The minimum absolute atomic E-state index is 0.134. The first-order valence-electron chi connectivity index (χ1n) is 7.40. The van der Waals surface area contributed by atoms with E-state index in [2.05, 4.69) is 5.10 Å². The molecule has 0 saturated heterocycles. The Hall–Kier alpha value is -3.16. The quantitative estimate of drug-likeness (QED) is 0.740. The highest BCUT2D eigenvalue weighted by atomic mass is 32.2. The fourth-order valence-electron chi connectivity index (χ4n) is 2.41. The smallest absolute Gasteiger partial charge is 0.233 e. The number of hydrogen-bond acceptors (Lipinski definition) is 4. The average molecular weight is 392 g/mol. The van der Waals surface area contributed by atoms with Gasteiger partial charge in [-0.15, -0.1) is 0 Å². The number of nitrogens with two attached hydrogens (primary N) is 1. The topological polar surface area (TPSA) is 102 Å². The number of nitriles is 1. The maximum absolute atomic E-state index is 13.1. The van der Waals surface area contributed by atoms with Gasteiger partial charge in [-0.25, -0.2) is 18.2 Å². The van der Waals surface area contributed by atoms with E-state index in [4.69, 9.17) is 10.4 Å². The van der Waals surface area contributed by atoms with Gasteiger partial charge in [0.05, 0.1) is 27.9 Å². The lowest BCUT2D eigenvalue weighted by molar-refractivity contribution is -0.141. The molecule has 0 spiro atoms. The predicted molar refractivity (Wildman–Crippen MR) is 90.1 cm³/mol. The molecule has 3 rings (SSSR count). The van der Waals surface area contributed by atoms with E-state index >= 15 is 0 Å². The van der Waals surface area contributed by atoms with Crippen LogP contribution < -0.4 is 5.14 Å². The van der Waals surface area contributed by atoms with Gasteiger partial charge < -0.3 is 0 Å². The summed E-state index contributed by atoms with van der Waals surface area (Å²) in [5.74, 6) is 0. The first-order chi connectivity index (χ1) is 12.6. The van der Waals surface area contributed by atoms with Crippen molar-refractivity contribution in [2.45, 2.75) is 11.1 Å². The summed E-state index contributed by atoms with van der Waals surface area (Å²) in [6, 6.07) is 13.8. The van der Waals surface area contributed by atoms with Gasteiger partial charge in [-0.2, -0.15) is 23.5 Å². The molecule has 2 aromatic carbocycles. The molecular weight excluding hydrogens is 381 g/mol. The van der Waals surface area contributed by atoms with Gasteiger partial charge in [0, 0.05) is 5.56 Å². The van der Waals surface area contributed by atoms with E-state index in [1.165, 1.54) is 48.5 Å². The van der Waals surface area contributed by atoms with Gasteiger partial charge in [0.25, 0.3) is 0 Å². The van der Waals surface area contributed by atoms with Crippen molar-refractivity contribution in [1.82, 2.24) is 9.78 Å². The van der Waals surface area contributed by atoms with E-state index in [9.17, 15) is 21.6 Å². The van der Waals surface area contributed by atoms with E-state index in [-0.39, 0.29) is 16.3 Å². The SMILES string of the molecule is N#Cc1ccc(-c2cc(C(F)(F)F)nn2-c2ccc(S(N)(=O)=O)cc2)cc1. The lowest BCUT2D eigenvalue weighted by Crippen LogP contribution is -2.12. The minimum atomic E-state index is -4.66. The summed E-state index contributed by atoms with van der Waals surface area (Å²) in [6.07, 6.45) is -4.66. The Bertz CT molecular complexity index is 1130. The number of halogens is 3. The second-order valence-corrected chi connectivity index (χ2v) is 7.11. The number of primary sulfonamides is 1. The molecule has 0 atom stereocenters. The minimum Gasteiger partial charge on any atom is -0.233 e. The van der Waals surface area contributed by atoms with Crippen LogP contribution in [0, 0.1) is 11.3 Å². The number of nitrogens with zero attached hydrogens (tertiary/aromatic N) is 3. The van der Waals surface area contributed by atoms with E-state index in [0.29, 0.717) is 11.1 Å². The van der Waals surface area contributed by atoms with Gasteiger partial charge in [0.1, 0.15) is 0 Å². The van der Waals surface area contributed by atoms with Crippen molar-refractivity contribution in [3.8, 4) is 23.0 Å². The van der Waals surface area contributed by atoms with Crippen molar-refractivity contribution in [2.75, 3.05) is 0 Å². The second-order valence-electron chi connectivity index (χ2n) is 5.55. The van der Waals surface area contributed by atoms with Gasteiger partial charge in [-0.05, 0) is 42.5 Å². The Labute approximate surface area is 152 Å². The predicted octanol–water partition coefficient (Wildman–Crippen LogP) is 3.08. The van der Waals surface area contributed by atoms with Crippen molar-refractivity contribution < 1.29 is 21.6 Å². The zero-order valence-corrected chi connectivity index (χ0v) is 14.3. The molecule has 138 valence electrons. The Morgan fingerprint density at radius 1 is 1.04 bits per heavy atom. The van der Waals surface area contributed by atoms with Gasteiger partial charge in [0.2, 0.25) is 10.0 Å². The summed E-state index contributed by atoms with van der Waals surface area (Å²) in [5, 5.41) is 17.5. The van der Waals surface area contributed by atoms with Crippen LogP contribution >= 0.6 is 0 Å². The highest BCUT2D eigenvalue weighted by Crippen LogP contribution is 2.33. The van der Waals surface area contributed by atoms with Crippen molar-refractivity contribution in [3.63, 3.8) is 0 Å². The number of alkyl halides is 3. The Morgan fingerprint density at radius 2 is 1.63 bits per heavy atom. The summed E-state index contributed by atoms with van der Waals surface area (Å²) in [6.45, 7) is 0. The summed E-state index contributed by atoms with van der Waals surface area (Å²) in [7, 11) is -3.93. The van der Waals surface area contributed by atoms with Gasteiger partial charge >= 0.3 is 6.18 Å². The fraction of sp³-hybridized carbons (Fsp3) is 0.0588. The first kappa shape index (κ1) is 18.6. The molecule has 2 N–H and O–H groups in total. The van der Waals surface area contributed by atoms with Crippen molar-refractivity contribution >= 4 is 10.0 Å². The maximum atomic E-state index is 13.1. The Kier molecular flexibility index (Phi) is 4.51. The van der Waals surface area contributed by atoms with Crippen LogP contribution in [-0.2, 0) is 16.2 Å². The molecule has 0 saturated carbocycles. The average Bonchev–Trinajstić information content (AvgIpc) is 3.07. The molecule has 3 aromatic rings. The number of hydrogen-bond donors (Lipinski definition) is 1. The second kappa shape index (κ2) is 6.53. The molecule has 0 aliphatic heterocycles. The third kappa shape index (κ3) is 3.84. The number of benzene rings is 2. The van der Waals surface area contributed by atoms with Crippen LogP contribution in [0.25, 0.3) is 16.9 Å². The molecule has 10 heteroatoms. The highest BCUT2D eigenvalue weighted by molar-refractivity contribution is 7.89. The van der Waals surface area contributed by atoms with Gasteiger partial charge in [-0.3, -0.25) is 0 Å². The number of aromatic nitrogens is 2. The fourth-order valence-corrected chi connectivity index (χ4v) is 2.93. The van der Waals surface area contributed by atoms with E-state index < -0.39 is 21.9 Å². The van der Waals surface area contributed by atoms with Crippen LogP contribution in [0.2, 0.25) is 0 Å². The van der Waals surface area contributed by atoms with Gasteiger partial charge in [0.15, 0.2) is 5.69 Å². The van der Waals surface area contributed by atoms with Crippen molar-refractivity contribution in [3.05, 3.63) is 65.9 Å². The normalized spacial score (nSPS) is 12.0. The largest absolute Gasteiger partial charge is 0.435 e. The van der Waals surface area contributed by atoms with E-state index in [0.717, 1.165) is 10.7 Å². The van der Waals surface area contributed by atoms with Crippen LogP contribution in [0.5, 0.6) is 0 Å². The highest BCUT2D eigenvalue weighted by Gasteiger charge is 2.35. The van der Waals surface area contributed by atoms with E-state index in [1.807, 2.05) is 6.07 Å². The first-order valence-corrected chi connectivity index (χ1v) is 8.95. The lowest BCUT2D eigenvalue weighted by atomic mass is 10.1. The number of sulfonamides is 1. The summed E-state index contributed by atoms with van der Waals surface area (Å²) < 4.78 is 63.2. The molecule has 0 bridgehead atoms. The van der Waals surface area contributed by atoms with Crippen LogP contribution in [0.4, 0.5) is 13.2 Å². The van der Waals surface area contributed by atoms with Crippen molar-refractivity contribution in [1.29, 1.82) is 5.26 Å². The number of rotatable bonds is 3. The molecule has 0 radical (unpaired) electrons. The Morgan fingerprint density at radius 3 is 2.11 bits per heavy atom. The third-order valence-electron chi connectivity index (χ3n) is 3.72. The molecule has 0 aliphatic rings. The molecule has 0 fully saturated rings. The third-order valence-corrected chi connectivity index (χ3v) is 4.65. The summed E-state index contributed by atoms with van der Waals surface area (Å²) in [5.41, 5.74) is 0.0238.